The van der Waals surface area contributed by atoms with E-state index in [0.29, 0.717) is 31.2 Å². The molecule has 10 heteroatoms. The first kappa shape index (κ1) is 34.3. The third-order valence-corrected chi connectivity index (χ3v) is 13.9. The molecule has 0 saturated carbocycles. The van der Waals surface area contributed by atoms with Crippen LogP contribution in [0.2, 0.25) is 0 Å². The number of hydrogen-bond donors (Lipinski definition) is 0. The van der Waals surface area contributed by atoms with Gasteiger partial charge in [0.2, 0.25) is 0 Å². The van der Waals surface area contributed by atoms with E-state index in [0.717, 1.165) is 5.56 Å². The molecule has 0 aliphatic rings. The first-order valence-corrected chi connectivity index (χ1v) is 19.9. The van der Waals surface area contributed by atoms with Crippen LogP contribution in [0.1, 0.15) is 26.3 Å². The molecule has 7 nitrogen and oxygen atoms in total. The second kappa shape index (κ2) is 13.4. The summed E-state index contributed by atoms with van der Waals surface area (Å²) in [4.78, 5) is 2.07. The van der Waals surface area contributed by atoms with Crippen LogP contribution in [0.15, 0.2) is 170 Å². The van der Waals surface area contributed by atoms with Crippen molar-refractivity contribution in [3.05, 3.63) is 151 Å². The van der Waals surface area contributed by atoms with Gasteiger partial charge in [-0.2, -0.15) is 16.8 Å². The quantitative estimate of drug-likeness (QED) is 0.131. The van der Waals surface area contributed by atoms with Crippen LogP contribution in [0, 0.1) is 6.92 Å². The van der Waals surface area contributed by atoms with Crippen molar-refractivity contribution in [3.63, 3.8) is 0 Å². The minimum Gasteiger partial charge on any atom is -0.488 e. The molecule has 0 atom stereocenters. The Morgan fingerprint density at radius 3 is 1.51 bits per heavy atom. The lowest BCUT2D eigenvalue weighted by Crippen LogP contribution is -2.22. The SMILES string of the molecule is Cc1ccc(S(=O)(=O)Oc2ccc3cc(S(=O)(=O)OS(c4ccccc4)(c4ccccc4)c4ccc(OC(C)(C)C)cc4)ccc3c2)cc1. The van der Waals surface area contributed by atoms with Crippen molar-refractivity contribution in [1.82, 2.24) is 0 Å². The lowest BCUT2D eigenvalue weighted by atomic mass is 10.1. The van der Waals surface area contributed by atoms with Crippen LogP contribution in [0.3, 0.4) is 0 Å². The van der Waals surface area contributed by atoms with Gasteiger partial charge >= 0.3 is 20.2 Å². The molecule has 0 bridgehead atoms. The molecular formula is C39H36O7S3. The van der Waals surface area contributed by atoms with E-state index >= 15 is 0 Å². The van der Waals surface area contributed by atoms with Crippen molar-refractivity contribution in [3.8, 4) is 11.5 Å². The van der Waals surface area contributed by atoms with Crippen molar-refractivity contribution < 1.29 is 29.4 Å². The Morgan fingerprint density at radius 2 is 0.939 bits per heavy atom. The summed E-state index contributed by atoms with van der Waals surface area (Å²) >= 11 is 0. The fraction of sp³-hybridized carbons (Fsp3) is 0.128. The summed E-state index contributed by atoms with van der Waals surface area (Å²) in [5, 5.41) is 1.16. The lowest BCUT2D eigenvalue weighted by Gasteiger charge is -2.39. The molecule has 252 valence electrons. The fourth-order valence-corrected chi connectivity index (χ4v) is 11.4. The van der Waals surface area contributed by atoms with E-state index in [1.54, 1.807) is 30.3 Å². The Hall–Kier alpha value is -4.61. The van der Waals surface area contributed by atoms with Gasteiger partial charge in [-0.05, 0) is 134 Å². The average molecular weight is 713 g/mol. The molecule has 49 heavy (non-hydrogen) atoms. The largest absolute Gasteiger partial charge is 0.488 e. The predicted molar refractivity (Wildman–Crippen MR) is 193 cm³/mol. The molecule has 6 rings (SSSR count). The topological polar surface area (TPSA) is 96.0 Å². The molecule has 6 aromatic rings. The van der Waals surface area contributed by atoms with Crippen molar-refractivity contribution in [2.45, 2.75) is 57.8 Å². The van der Waals surface area contributed by atoms with Gasteiger partial charge in [-0.3, -0.25) is 0 Å². The Balaban J connectivity index is 1.40. The van der Waals surface area contributed by atoms with Gasteiger partial charge in [-0.25, -0.2) is 3.63 Å². The molecule has 0 fully saturated rings. The maximum absolute atomic E-state index is 14.4. The summed E-state index contributed by atoms with van der Waals surface area (Å²) < 4.78 is 72.5. The van der Waals surface area contributed by atoms with Crippen LogP contribution in [-0.2, 0) is 23.9 Å². The maximum Gasteiger partial charge on any atom is 0.339 e. The molecule has 0 spiro atoms. The highest BCUT2D eigenvalue weighted by Crippen LogP contribution is 2.70. The van der Waals surface area contributed by atoms with Gasteiger partial charge in [0, 0.05) is 14.7 Å². The van der Waals surface area contributed by atoms with Crippen LogP contribution in [0.25, 0.3) is 10.8 Å². The maximum atomic E-state index is 14.4. The number of aryl methyl sites for hydroxylation is 1. The Bertz CT molecular complexity index is 2260. The van der Waals surface area contributed by atoms with Gasteiger partial charge in [0.25, 0.3) is 0 Å². The standard InChI is InChI=1S/C39H36O7S3/c1-29-15-22-37(23-16-29)48(40,41)45-33-19-17-31-28-38(24-18-30(31)27-33)49(42,43)46-47(34-11-7-5-8-12-34,35-13-9-6-10-14-35)36-25-20-32(21-26-36)44-39(2,3)4/h5-28H,1-4H3. The predicted octanol–water partition coefficient (Wildman–Crippen LogP) is 9.70. The van der Waals surface area contributed by atoms with E-state index in [9.17, 15) is 16.8 Å². The second-order valence-corrected chi connectivity index (χ2v) is 18.4. The zero-order valence-corrected chi connectivity index (χ0v) is 29.9. The molecule has 0 N–H and O–H groups in total. The molecule has 0 aliphatic carbocycles. The molecule has 0 heterocycles. The Morgan fingerprint density at radius 1 is 0.469 bits per heavy atom. The number of fused-ring (bicyclic) bond motifs is 1. The van der Waals surface area contributed by atoms with Crippen LogP contribution in [-0.4, -0.2) is 22.4 Å². The van der Waals surface area contributed by atoms with Crippen LogP contribution in [0.5, 0.6) is 11.5 Å². The fourth-order valence-electron chi connectivity index (χ4n) is 5.27. The highest BCUT2D eigenvalue weighted by atomic mass is 32.3. The number of benzene rings is 6. The summed E-state index contributed by atoms with van der Waals surface area (Å²) in [5.74, 6) is 0.758. The van der Waals surface area contributed by atoms with E-state index in [1.807, 2.05) is 113 Å². The van der Waals surface area contributed by atoms with Gasteiger partial charge in [0.1, 0.15) is 22.0 Å². The summed E-state index contributed by atoms with van der Waals surface area (Å²) in [6.45, 7) is 7.76. The molecule has 0 radical (unpaired) electrons. The zero-order chi connectivity index (χ0) is 34.9. The van der Waals surface area contributed by atoms with Crippen molar-refractivity contribution >= 4 is 41.3 Å². The monoisotopic (exact) mass is 712 g/mol. The summed E-state index contributed by atoms with van der Waals surface area (Å²) in [6, 6.07) is 41.7. The molecular weight excluding hydrogens is 677 g/mol. The molecule has 0 unspecified atom stereocenters. The highest BCUT2D eigenvalue weighted by Gasteiger charge is 2.38. The summed E-state index contributed by atoms with van der Waals surface area (Å²) in [7, 11) is -11.3. The third kappa shape index (κ3) is 7.52. The second-order valence-electron chi connectivity index (χ2n) is 12.4. The molecule has 0 amide bonds. The third-order valence-electron chi connectivity index (χ3n) is 7.51. The normalized spacial score (nSPS) is 12.8. The molecule has 0 aromatic heterocycles. The van der Waals surface area contributed by atoms with Gasteiger partial charge in [0.15, 0.2) is 0 Å². The van der Waals surface area contributed by atoms with Crippen molar-refractivity contribution in [2.75, 3.05) is 0 Å². The first-order valence-electron chi connectivity index (χ1n) is 15.5. The van der Waals surface area contributed by atoms with E-state index in [4.69, 9.17) is 12.5 Å². The van der Waals surface area contributed by atoms with Gasteiger partial charge in [-0.1, -0.05) is 66.2 Å². The number of ether oxygens (including phenoxy) is 1. The summed E-state index contributed by atoms with van der Waals surface area (Å²) in [5.41, 5.74) is 0.511. The van der Waals surface area contributed by atoms with E-state index in [-0.39, 0.29) is 15.5 Å². The Kier molecular flexibility index (Phi) is 9.34. The van der Waals surface area contributed by atoms with Gasteiger partial charge in [-0.15, -0.1) is 0 Å². The van der Waals surface area contributed by atoms with Crippen LogP contribution >= 0.6 is 10.3 Å². The smallest absolute Gasteiger partial charge is 0.339 e. The van der Waals surface area contributed by atoms with Crippen molar-refractivity contribution in [1.29, 1.82) is 0 Å². The summed E-state index contributed by atoms with van der Waals surface area (Å²) in [6.07, 6.45) is 0. The molecule has 6 aromatic carbocycles. The number of rotatable bonds is 10. The minimum atomic E-state index is -4.39. The highest BCUT2D eigenvalue weighted by molar-refractivity contribution is 8.33. The molecule has 0 aliphatic heterocycles. The first-order chi connectivity index (χ1) is 23.2. The lowest BCUT2D eigenvalue weighted by molar-refractivity contribution is 0.131. The van der Waals surface area contributed by atoms with Crippen molar-refractivity contribution in [2.24, 2.45) is 0 Å². The van der Waals surface area contributed by atoms with E-state index < -0.39 is 36.1 Å². The Labute approximate surface area is 289 Å². The van der Waals surface area contributed by atoms with Gasteiger partial charge in [0.05, 0.1) is 4.90 Å². The minimum absolute atomic E-state index is 0.0379. The average Bonchev–Trinajstić information content (AvgIpc) is 3.07. The van der Waals surface area contributed by atoms with E-state index in [2.05, 4.69) is 0 Å². The van der Waals surface area contributed by atoms with Crippen LogP contribution in [0.4, 0.5) is 0 Å². The van der Waals surface area contributed by atoms with Crippen LogP contribution < -0.4 is 8.92 Å². The number of hydrogen-bond acceptors (Lipinski definition) is 7. The van der Waals surface area contributed by atoms with Gasteiger partial charge < -0.3 is 8.92 Å². The zero-order valence-electron chi connectivity index (χ0n) is 27.4. The van der Waals surface area contributed by atoms with E-state index in [1.165, 1.54) is 30.3 Å². The molecule has 0 saturated heterocycles.